The molecule has 216 valence electrons. The fourth-order valence-electron chi connectivity index (χ4n) is 3.35. The van der Waals surface area contributed by atoms with Crippen LogP contribution in [-0.2, 0) is 20.6 Å². The van der Waals surface area contributed by atoms with Crippen LogP contribution in [0.5, 0.6) is 0 Å². The first-order chi connectivity index (χ1) is 16.1. The second-order valence-corrected chi connectivity index (χ2v) is 12.1. The molecule has 37 heavy (non-hydrogen) atoms. The van der Waals surface area contributed by atoms with Crippen molar-refractivity contribution in [3.8, 4) is 11.4 Å². The molecule has 3 aromatic rings. The second-order valence-electron chi connectivity index (χ2n) is 8.23. The Morgan fingerprint density at radius 2 is 1.16 bits per heavy atom. The number of fused-ring (bicyclic) bond motifs is 1. The number of hydrogen-bond donors (Lipinski definition) is 0. The van der Waals surface area contributed by atoms with E-state index in [-0.39, 0.29) is 0 Å². The zero-order chi connectivity index (χ0) is 29.1. The van der Waals surface area contributed by atoms with Crippen molar-refractivity contribution >= 4 is 26.7 Å². The maximum atomic E-state index is 9.87. The Labute approximate surface area is 204 Å². The molecule has 0 atom stereocenters. The van der Waals surface area contributed by atoms with Gasteiger partial charge in [-0.2, -0.15) is 0 Å². The minimum absolute atomic E-state index is 1.11. The topological polar surface area (TPSA) is 12.7 Å². The van der Waals surface area contributed by atoms with Crippen molar-refractivity contribution in [3.05, 3.63) is 48.8 Å². The minimum atomic E-state index is -10.7. The molecule has 0 aliphatic heterocycles. The van der Waals surface area contributed by atoms with Crippen molar-refractivity contribution in [1.82, 2.24) is 4.57 Å². The van der Waals surface area contributed by atoms with Crippen LogP contribution in [0, 0.1) is 0 Å². The molecule has 17 heteroatoms. The summed E-state index contributed by atoms with van der Waals surface area (Å²) in [5.74, 6) is 1.24. The summed E-state index contributed by atoms with van der Waals surface area (Å²) in [6.07, 6.45) is 9.63. The number of para-hydroxylation sites is 2. The van der Waals surface area contributed by atoms with E-state index >= 15 is 0 Å². The molecule has 0 fully saturated rings. The van der Waals surface area contributed by atoms with Crippen molar-refractivity contribution in [3.63, 3.8) is 0 Å². The van der Waals surface area contributed by atoms with Gasteiger partial charge >= 0.3 is 66.0 Å². The van der Waals surface area contributed by atoms with E-state index in [1.165, 1.54) is 48.1 Å². The van der Waals surface area contributed by atoms with Crippen LogP contribution >= 0.6 is 15.6 Å². The summed E-state index contributed by atoms with van der Waals surface area (Å²) in [6.45, 7) is 3.37. The molecule has 0 amide bonds. The third-order valence-electron chi connectivity index (χ3n) is 4.66. The van der Waals surface area contributed by atoms with Gasteiger partial charge in [0.15, 0.2) is 23.4 Å². The van der Waals surface area contributed by atoms with Gasteiger partial charge in [0.25, 0.3) is 5.82 Å². The summed E-state index contributed by atoms with van der Waals surface area (Å²) >= 11 is 0. The van der Waals surface area contributed by atoms with Gasteiger partial charge in [-0.3, -0.25) is 0 Å². The molecule has 3 nitrogen and oxygen atoms in total. The van der Waals surface area contributed by atoms with Crippen LogP contribution in [0.25, 0.3) is 22.4 Å². The number of halogens is 12. The molecule has 0 aliphatic carbocycles. The quantitative estimate of drug-likeness (QED) is 0.116. The number of aryl methyl sites for hydroxylation is 3. The molecule has 0 bridgehead atoms. The van der Waals surface area contributed by atoms with E-state index < -0.39 is 15.6 Å². The summed E-state index contributed by atoms with van der Waals surface area (Å²) in [5, 5.41) is 0. The maximum absolute atomic E-state index is 10.7. The first kappa shape index (κ1) is 32.9. The Hall–Kier alpha value is -2.14. The van der Waals surface area contributed by atoms with Gasteiger partial charge in [-0.1, -0.05) is 31.9 Å². The van der Waals surface area contributed by atoms with Crippen molar-refractivity contribution in [2.45, 2.75) is 39.2 Å². The Kier molecular flexibility index (Phi) is 8.49. The molecule has 0 radical (unpaired) electrons. The molecule has 0 spiro atoms. The SMILES string of the molecule is CCCCCC[n+]1ccc(-c2n(C)c3ccccc3[n+]2C)cc1.F[P-](F)(F)(F)(F)F.F[P-](F)(F)(F)(F)F. The van der Waals surface area contributed by atoms with Gasteiger partial charge in [0.2, 0.25) is 0 Å². The van der Waals surface area contributed by atoms with Gasteiger partial charge in [0.05, 0.1) is 19.7 Å². The van der Waals surface area contributed by atoms with Crippen LogP contribution in [0.2, 0.25) is 0 Å². The second kappa shape index (κ2) is 9.55. The number of pyridine rings is 1. The predicted molar refractivity (Wildman–Crippen MR) is 121 cm³/mol. The average Bonchev–Trinajstić information content (AvgIpc) is 2.92. The van der Waals surface area contributed by atoms with Crippen LogP contribution in [0.4, 0.5) is 50.4 Å². The molecule has 3 rings (SSSR count). The average molecular weight is 599 g/mol. The van der Waals surface area contributed by atoms with Crippen LogP contribution in [0.15, 0.2) is 48.8 Å². The summed E-state index contributed by atoms with van der Waals surface area (Å²) in [5.41, 5.74) is 3.79. The molecule has 0 unspecified atom stereocenters. The van der Waals surface area contributed by atoms with Gasteiger partial charge in [0, 0.05) is 18.6 Å². The summed E-state index contributed by atoms with van der Waals surface area (Å²) < 4.78 is 125. The van der Waals surface area contributed by atoms with E-state index in [0.717, 1.165) is 6.54 Å². The van der Waals surface area contributed by atoms with E-state index in [0.29, 0.717) is 0 Å². The van der Waals surface area contributed by atoms with Gasteiger partial charge in [-0.05, 0) is 18.6 Å². The predicted octanol–water partition coefficient (Wildman–Crippen LogP) is 10.3. The van der Waals surface area contributed by atoms with Gasteiger partial charge in [0.1, 0.15) is 6.54 Å². The number of nitrogens with zero attached hydrogens (tertiary/aromatic N) is 3. The monoisotopic (exact) mass is 599 g/mol. The van der Waals surface area contributed by atoms with Crippen LogP contribution in [-0.4, -0.2) is 4.57 Å². The molecule has 0 aliphatic rings. The molecule has 0 saturated carbocycles. The number of unbranched alkanes of at least 4 members (excludes halogenated alkanes) is 3. The number of benzene rings is 1. The number of aromatic nitrogens is 3. The molecule has 2 aromatic heterocycles. The fourth-order valence-corrected chi connectivity index (χ4v) is 3.35. The third kappa shape index (κ3) is 17.1. The summed E-state index contributed by atoms with van der Waals surface area (Å²) in [6, 6.07) is 13.0. The van der Waals surface area contributed by atoms with Crippen molar-refractivity contribution in [1.29, 1.82) is 0 Å². The van der Waals surface area contributed by atoms with Crippen LogP contribution in [0.3, 0.4) is 0 Å². The van der Waals surface area contributed by atoms with Crippen LogP contribution in [0.1, 0.15) is 32.6 Å². The van der Waals surface area contributed by atoms with E-state index in [1.54, 1.807) is 0 Å². The molecule has 0 N–H and O–H groups in total. The first-order valence-corrected chi connectivity index (χ1v) is 14.7. The van der Waals surface area contributed by atoms with Crippen molar-refractivity contribution in [2.24, 2.45) is 14.1 Å². The normalized spacial score (nSPS) is 15.8. The van der Waals surface area contributed by atoms with E-state index in [1.807, 2.05) is 0 Å². The van der Waals surface area contributed by atoms with Crippen molar-refractivity contribution in [2.75, 3.05) is 0 Å². The zero-order valence-corrected chi connectivity index (χ0v) is 21.7. The standard InChI is InChI=1S/C20H27N3.2F6P/c1-4-5-6-9-14-23-15-12-17(13-16-23)20-21(2)18-10-7-8-11-19(18)22(20)3;2*1-7(2,3,4,5)6/h7-8,10-13,15-16H,4-6,9,14H2,1-3H3;;/q+2;2*-1. The molecular weight excluding hydrogens is 572 g/mol. The summed E-state index contributed by atoms with van der Waals surface area (Å²) in [7, 11) is -17.0. The number of rotatable bonds is 6. The fraction of sp³-hybridized carbons (Fsp3) is 0.400. The van der Waals surface area contributed by atoms with Gasteiger partial charge in [-0.25, -0.2) is 13.7 Å². The molecule has 2 heterocycles. The zero-order valence-electron chi connectivity index (χ0n) is 19.9. The Balaban J connectivity index is 0.000000404. The Morgan fingerprint density at radius 3 is 1.59 bits per heavy atom. The molecule has 1 aromatic carbocycles. The Morgan fingerprint density at radius 1 is 0.703 bits per heavy atom. The number of hydrogen-bond acceptors (Lipinski definition) is 0. The summed E-state index contributed by atoms with van der Waals surface area (Å²) in [4.78, 5) is 0. The van der Waals surface area contributed by atoms with Gasteiger partial charge in [-0.15, -0.1) is 0 Å². The Bertz CT molecular complexity index is 1110. The van der Waals surface area contributed by atoms with E-state index in [4.69, 9.17) is 0 Å². The van der Waals surface area contributed by atoms with E-state index in [9.17, 15) is 50.4 Å². The molecule has 0 saturated heterocycles. The van der Waals surface area contributed by atoms with Crippen molar-refractivity contribution < 1.29 is 59.5 Å². The van der Waals surface area contributed by atoms with Gasteiger partial charge < -0.3 is 0 Å². The van der Waals surface area contributed by atoms with Crippen LogP contribution < -0.4 is 9.13 Å². The molecular formula is C20H27F12N3P2. The first-order valence-electron chi connectivity index (χ1n) is 10.7. The van der Waals surface area contributed by atoms with E-state index in [2.05, 4.69) is 83.5 Å². The number of imidazole rings is 1. The third-order valence-corrected chi connectivity index (χ3v) is 4.66.